The van der Waals surface area contributed by atoms with Gasteiger partial charge in [-0.3, -0.25) is 9.59 Å². The van der Waals surface area contributed by atoms with Gasteiger partial charge in [-0.1, -0.05) is 19.1 Å². The summed E-state index contributed by atoms with van der Waals surface area (Å²) in [6.07, 6.45) is -1.70. The number of likely N-dealkylation sites (N-methyl/N-ethyl adjacent to an activating group) is 1. The van der Waals surface area contributed by atoms with Crippen molar-refractivity contribution >= 4 is 40.5 Å². The van der Waals surface area contributed by atoms with Gasteiger partial charge in [-0.2, -0.15) is 13.2 Å². The number of amides is 2. The standard InChI is InChI=1S/C36H35F4N7O2/c1-3-45-13-15-46(16-14-45)29-10-9-26(18-28(29)37)43-34-41-20-24-21-47(33(49)35(11-12-35)31(24)44-34)30-19-27(8-7-22(30)2)42-32(48)23-5-4-6-25(17-23)36(38,39)40/h4-10,17-20H,3,11-16,21H2,1-2H3,(H,42,48)(H,41,43,44). The van der Waals surface area contributed by atoms with Gasteiger partial charge in [-0.05, 0) is 80.4 Å². The third-order valence-corrected chi connectivity index (χ3v) is 9.62. The number of aromatic nitrogens is 2. The van der Waals surface area contributed by atoms with Crippen LogP contribution in [0, 0.1) is 12.7 Å². The maximum Gasteiger partial charge on any atom is 0.416 e. The van der Waals surface area contributed by atoms with E-state index < -0.39 is 23.1 Å². The van der Waals surface area contributed by atoms with Gasteiger partial charge in [0, 0.05) is 60.6 Å². The van der Waals surface area contributed by atoms with Crippen LogP contribution in [0.5, 0.6) is 0 Å². The molecule has 1 aromatic heterocycles. The molecule has 1 saturated carbocycles. The third-order valence-electron chi connectivity index (χ3n) is 9.62. The number of aryl methyl sites for hydroxylation is 1. The van der Waals surface area contributed by atoms with Crippen LogP contribution in [0.25, 0.3) is 0 Å². The fourth-order valence-corrected chi connectivity index (χ4v) is 6.66. The lowest BCUT2D eigenvalue weighted by Crippen LogP contribution is -2.46. The number of hydrogen-bond acceptors (Lipinski definition) is 7. The summed E-state index contributed by atoms with van der Waals surface area (Å²) >= 11 is 0. The van der Waals surface area contributed by atoms with E-state index in [4.69, 9.17) is 4.98 Å². The summed E-state index contributed by atoms with van der Waals surface area (Å²) in [7, 11) is 0. The molecule has 2 fully saturated rings. The molecule has 2 amide bonds. The first kappa shape index (κ1) is 32.5. The number of carbonyl (C=O) groups excluding carboxylic acids is 2. The lowest BCUT2D eigenvalue weighted by atomic mass is 9.91. The fourth-order valence-electron chi connectivity index (χ4n) is 6.66. The zero-order chi connectivity index (χ0) is 34.5. The number of alkyl halides is 3. The van der Waals surface area contributed by atoms with E-state index in [0.717, 1.165) is 56.0 Å². The molecule has 254 valence electrons. The van der Waals surface area contributed by atoms with Crippen LogP contribution in [0.4, 0.5) is 46.3 Å². The molecule has 49 heavy (non-hydrogen) atoms. The number of rotatable bonds is 7. The first-order chi connectivity index (χ1) is 23.4. The van der Waals surface area contributed by atoms with Crippen LogP contribution in [0.3, 0.4) is 0 Å². The zero-order valence-corrected chi connectivity index (χ0v) is 27.1. The molecule has 2 N–H and O–H groups in total. The van der Waals surface area contributed by atoms with E-state index in [1.54, 1.807) is 41.4 Å². The Balaban J connectivity index is 1.09. The number of anilines is 5. The van der Waals surface area contributed by atoms with Gasteiger partial charge in [-0.15, -0.1) is 0 Å². The molecular formula is C36H35F4N7O2. The summed E-state index contributed by atoms with van der Waals surface area (Å²) in [5, 5.41) is 5.77. The summed E-state index contributed by atoms with van der Waals surface area (Å²) in [4.78, 5) is 42.2. The number of nitrogens with one attached hydrogen (secondary N) is 2. The zero-order valence-electron chi connectivity index (χ0n) is 27.1. The molecule has 0 atom stereocenters. The predicted octanol–water partition coefficient (Wildman–Crippen LogP) is 6.66. The van der Waals surface area contributed by atoms with Crippen LogP contribution in [-0.4, -0.2) is 59.4 Å². The first-order valence-electron chi connectivity index (χ1n) is 16.3. The highest BCUT2D eigenvalue weighted by atomic mass is 19.4. The molecule has 1 aliphatic carbocycles. The van der Waals surface area contributed by atoms with Crippen molar-refractivity contribution in [2.75, 3.05) is 53.2 Å². The number of benzene rings is 3. The number of piperazine rings is 1. The van der Waals surface area contributed by atoms with Gasteiger partial charge in [0.15, 0.2) is 0 Å². The van der Waals surface area contributed by atoms with Crippen molar-refractivity contribution in [3.8, 4) is 0 Å². The molecule has 7 rings (SSSR count). The Morgan fingerprint density at radius 1 is 0.959 bits per heavy atom. The predicted molar refractivity (Wildman–Crippen MR) is 179 cm³/mol. The maximum absolute atomic E-state index is 15.2. The van der Waals surface area contributed by atoms with Crippen LogP contribution in [0.2, 0.25) is 0 Å². The number of halogens is 4. The lowest BCUT2D eigenvalue weighted by Gasteiger charge is -2.35. The Kier molecular flexibility index (Phi) is 8.26. The van der Waals surface area contributed by atoms with Crippen molar-refractivity contribution in [2.24, 2.45) is 0 Å². The monoisotopic (exact) mass is 673 g/mol. The van der Waals surface area contributed by atoms with E-state index in [9.17, 15) is 22.8 Å². The summed E-state index contributed by atoms with van der Waals surface area (Å²) in [5.41, 5.74) is 2.28. The highest BCUT2D eigenvalue weighted by Crippen LogP contribution is 2.53. The van der Waals surface area contributed by atoms with Crippen molar-refractivity contribution < 1.29 is 27.2 Å². The van der Waals surface area contributed by atoms with Gasteiger partial charge >= 0.3 is 6.18 Å². The van der Waals surface area contributed by atoms with Crippen LogP contribution in [-0.2, 0) is 22.9 Å². The van der Waals surface area contributed by atoms with Crippen molar-refractivity contribution in [3.63, 3.8) is 0 Å². The first-order valence-corrected chi connectivity index (χ1v) is 16.3. The Bertz CT molecular complexity index is 1940. The second-order valence-electron chi connectivity index (χ2n) is 12.8. The van der Waals surface area contributed by atoms with Gasteiger partial charge in [0.05, 0.1) is 28.9 Å². The van der Waals surface area contributed by atoms with Crippen LogP contribution in [0.15, 0.2) is 66.9 Å². The minimum atomic E-state index is -4.58. The average Bonchev–Trinajstić information content (AvgIpc) is 3.89. The van der Waals surface area contributed by atoms with Gasteiger partial charge in [-0.25, -0.2) is 14.4 Å². The van der Waals surface area contributed by atoms with Crippen LogP contribution >= 0.6 is 0 Å². The molecule has 3 heterocycles. The largest absolute Gasteiger partial charge is 0.416 e. The molecule has 1 spiro atoms. The maximum atomic E-state index is 15.2. The van der Waals surface area contributed by atoms with Crippen LogP contribution in [0.1, 0.15) is 52.5 Å². The van der Waals surface area contributed by atoms with Gasteiger partial charge < -0.3 is 25.3 Å². The third kappa shape index (κ3) is 6.30. The van der Waals surface area contributed by atoms with Gasteiger partial charge in [0.1, 0.15) is 5.82 Å². The van der Waals surface area contributed by atoms with Crippen molar-refractivity contribution in [3.05, 3.63) is 101 Å². The lowest BCUT2D eigenvalue weighted by molar-refractivity contribution is -0.137. The van der Waals surface area contributed by atoms with E-state index in [-0.39, 0.29) is 29.8 Å². The SMILES string of the molecule is CCN1CCN(c2ccc(Nc3ncc4c(n3)C3(CC3)C(=O)N(c3cc(NC(=O)c5cccc(C(F)(F)F)c5)ccc3C)C4)cc2F)CC1. The number of carbonyl (C=O) groups is 2. The second kappa shape index (κ2) is 12.4. The fraction of sp³-hybridized carbons (Fsp3) is 0.333. The minimum absolute atomic E-state index is 0.132. The van der Waals surface area contributed by atoms with Gasteiger partial charge in [0.2, 0.25) is 11.9 Å². The minimum Gasteiger partial charge on any atom is -0.367 e. The Morgan fingerprint density at radius 3 is 2.41 bits per heavy atom. The molecule has 0 radical (unpaired) electrons. The van der Waals surface area contributed by atoms with E-state index in [1.165, 1.54) is 18.2 Å². The molecule has 3 aromatic carbocycles. The number of fused-ring (bicyclic) bond motifs is 2. The highest BCUT2D eigenvalue weighted by molar-refractivity contribution is 6.07. The summed E-state index contributed by atoms with van der Waals surface area (Å²) in [6, 6.07) is 14.2. The molecule has 13 heteroatoms. The molecule has 9 nitrogen and oxygen atoms in total. The van der Waals surface area contributed by atoms with Crippen molar-refractivity contribution in [1.29, 1.82) is 0 Å². The van der Waals surface area contributed by atoms with E-state index in [2.05, 4.69) is 32.3 Å². The molecule has 2 aliphatic heterocycles. The van der Waals surface area contributed by atoms with E-state index in [1.807, 2.05) is 6.92 Å². The topological polar surface area (TPSA) is 93.7 Å². The summed E-state index contributed by atoms with van der Waals surface area (Å²) in [5.74, 6) is -0.896. The van der Waals surface area contributed by atoms with Crippen molar-refractivity contribution in [2.45, 2.75) is 44.8 Å². The smallest absolute Gasteiger partial charge is 0.367 e. The molecular weight excluding hydrogens is 638 g/mol. The number of nitrogens with zero attached hydrogens (tertiary/aromatic N) is 5. The molecule has 0 bridgehead atoms. The quantitative estimate of drug-likeness (QED) is 0.212. The molecule has 4 aromatic rings. The van der Waals surface area contributed by atoms with Gasteiger partial charge in [0.25, 0.3) is 5.91 Å². The molecule has 1 saturated heterocycles. The normalized spacial score (nSPS) is 17.2. The van der Waals surface area contributed by atoms with E-state index in [0.29, 0.717) is 41.3 Å². The summed E-state index contributed by atoms with van der Waals surface area (Å²) in [6.45, 7) is 8.44. The number of hydrogen-bond donors (Lipinski definition) is 2. The second-order valence-corrected chi connectivity index (χ2v) is 12.8. The van der Waals surface area contributed by atoms with Crippen molar-refractivity contribution in [1.82, 2.24) is 14.9 Å². The van der Waals surface area contributed by atoms with Crippen LogP contribution < -0.4 is 20.4 Å². The molecule has 0 unspecified atom stereocenters. The average molecular weight is 674 g/mol. The Labute approximate surface area is 280 Å². The Morgan fingerprint density at radius 2 is 1.71 bits per heavy atom. The highest BCUT2D eigenvalue weighted by Gasteiger charge is 2.58. The summed E-state index contributed by atoms with van der Waals surface area (Å²) < 4.78 is 54.8. The molecule has 3 aliphatic rings. The Hall–Kier alpha value is -5.04. The van der Waals surface area contributed by atoms with E-state index >= 15 is 4.39 Å².